The van der Waals surface area contributed by atoms with Gasteiger partial charge in [0.1, 0.15) is 0 Å². The van der Waals surface area contributed by atoms with E-state index in [-0.39, 0.29) is 0 Å². The van der Waals surface area contributed by atoms with Crippen molar-refractivity contribution in [3.63, 3.8) is 0 Å². The van der Waals surface area contributed by atoms with Crippen LogP contribution in [0.5, 0.6) is 0 Å². The molecule has 2 rings (SSSR count). The van der Waals surface area contributed by atoms with Crippen molar-refractivity contribution in [2.45, 2.75) is 141 Å². The normalized spacial score (nSPS) is 29.0. The van der Waals surface area contributed by atoms with E-state index in [1.165, 1.54) is 82.3 Å². The molecule has 0 N–H and O–H groups in total. The first-order valence-electron chi connectivity index (χ1n) is 12.9. The van der Waals surface area contributed by atoms with Crippen LogP contribution in [0, 0.1) is 0 Å². The van der Waals surface area contributed by atoms with Crippen molar-refractivity contribution in [3.05, 3.63) is 24.3 Å². The molecule has 0 bridgehead atoms. The van der Waals surface area contributed by atoms with Crippen molar-refractivity contribution in [2.75, 3.05) is 0 Å². The minimum Gasteiger partial charge on any atom is -0.412 e. The molecule has 0 aromatic carbocycles. The maximum Gasteiger partial charge on any atom is 0.192 e. The lowest BCUT2D eigenvalue weighted by Crippen LogP contribution is -2.60. The zero-order valence-electron chi connectivity index (χ0n) is 20.2. The highest BCUT2D eigenvalue weighted by Gasteiger charge is 2.43. The third kappa shape index (κ3) is 7.07. The van der Waals surface area contributed by atoms with Gasteiger partial charge in [-0.2, -0.15) is 0 Å². The Morgan fingerprint density at radius 2 is 1.66 bits per heavy atom. The van der Waals surface area contributed by atoms with E-state index in [2.05, 4.69) is 63.8 Å². The highest BCUT2D eigenvalue weighted by molar-refractivity contribution is 6.73. The second-order valence-corrected chi connectivity index (χ2v) is 14.2. The highest BCUT2D eigenvalue weighted by atomic mass is 28.4. The Bertz CT molecular complexity index is 491. The van der Waals surface area contributed by atoms with Crippen LogP contribution in [0.2, 0.25) is 18.1 Å². The van der Waals surface area contributed by atoms with Crippen molar-refractivity contribution in [1.82, 2.24) is 4.90 Å². The Morgan fingerprint density at radius 3 is 2.34 bits per heavy atom. The van der Waals surface area contributed by atoms with Gasteiger partial charge in [0.25, 0.3) is 0 Å². The predicted molar refractivity (Wildman–Crippen MR) is 131 cm³/mol. The van der Waals surface area contributed by atoms with Crippen molar-refractivity contribution in [1.29, 1.82) is 0 Å². The number of hydrogen-bond acceptors (Lipinski definition) is 2. The van der Waals surface area contributed by atoms with E-state index in [4.69, 9.17) is 4.43 Å². The standard InChI is InChI=1S/C26H49NOSi/c1-6-10-11-12-13-14-15-16-18-24-19-17-20-25-21-22-26(23(5)27(24)25)28-29(7-2,8-3)9-4/h14-16,18,23-26H,6-13,17,19-22H2,1-5H3/b15-14+,18-16+/t23-,24?,25+,26-/m1/s1. The molecule has 3 heteroatoms. The molecule has 0 radical (unpaired) electrons. The molecule has 0 aromatic rings. The summed E-state index contributed by atoms with van der Waals surface area (Å²) in [4.78, 5) is 2.84. The summed E-state index contributed by atoms with van der Waals surface area (Å²) in [5.41, 5.74) is 0. The van der Waals surface area contributed by atoms with Crippen molar-refractivity contribution >= 4 is 8.32 Å². The molecule has 2 aliphatic heterocycles. The van der Waals surface area contributed by atoms with Gasteiger partial charge in [0.05, 0.1) is 6.10 Å². The van der Waals surface area contributed by atoms with E-state index in [9.17, 15) is 0 Å². The monoisotopic (exact) mass is 419 g/mol. The molecular weight excluding hydrogens is 370 g/mol. The number of allylic oxidation sites excluding steroid dienone is 3. The highest BCUT2D eigenvalue weighted by Crippen LogP contribution is 2.37. The molecule has 4 atom stereocenters. The quantitative estimate of drug-likeness (QED) is 0.181. The summed E-state index contributed by atoms with van der Waals surface area (Å²) in [5, 5.41) is 0. The molecule has 168 valence electrons. The third-order valence-corrected chi connectivity index (χ3v) is 12.4. The molecule has 0 saturated carbocycles. The van der Waals surface area contributed by atoms with E-state index in [0.29, 0.717) is 18.2 Å². The summed E-state index contributed by atoms with van der Waals surface area (Å²) in [6, 6.07) is 5.71. The Hall–Kier alpha value is -0.383. The van der Waals surface area contributed by atoms with Gasteiger partial charge in [-0.05, 0) is 63.6 Å². The van der Waals surface area contributed by atoms with Crippen molar-refractivity contribution < 1.29 is 4.43 Å². The molecule has 0 spiro atoms. The molecule has 29 heavy (non-hydrogen) atoms. The van der Waals surface area contributed by atoms with Crippen LogP contribution in [0.1, 0.15) is 98.8 Å². The molecule has 2 nitrogen and oxygen atoms in total. The van der Waals surface area contributed by atoms with Crippen LogP contribution >= 0.6 is 0 Å². The van der Waals surface area contributed by atoms with Gasteiger partial charge in [0.15, 0.2) is 8.32 Å². The summed E-state index contributed by atoms with van der Waals surface area (Å²) in [7, 11) is -1.53. The molecule has 0 aliphatic carbocycles. The first-order valence-corrected chi connectivity index (χ1v) is 15.4. The second kappa shape index (κ2) is 13.1. The molecule has 2 fully saturated rings. The van der Waals surface area contributed by atoms with Crippen molar-refractivity contribution in [2.24, 2.45) is 0 Å². The summed E-state index contributed by atoms with van der Waals surface area (Å²) < 4.78 is 6.99. The lowest BCUT2D eigenvalue weighted by atomic mass is 9.84. The van der Waals surface area contributed by atoms with Gasteiger partial charge in [-0.15, -0.1) is 0 Å². The van der Waals surface area contributed by atoms with Gasteiger partial charge in [-0.1, -0.05) is 77.7 Å². The summed E-state index contributed by atoms with van der Waals surface area (Å²) in [6.45, 7) is 11.8. The summed E-state index contributed by atoms with van der Waals surface area (Å²) in [6.07, 6.45) is 23.2. The SMILES string of the molecule is CCCCCC/C=C/C=C/C1CCC[C@H]2CC[C@@H](O[Si](CC)(CC)CC)[C@@H](C)N12. The maximum absolute atomic E-state index is 6.99. The fourth-order valence-corrected chi connectivity index (χ4v) is 8.54. The molecular formula is C26H49NOSi. The Labute approximate surface area is 183 Å². The molecule has 0 amide bonds. The number of hydrogen-bond donors (Lipinski definition) is 0. The number of unbranched alkanes of at least 4 members (excludes halogenated alkanes) is 4. The van der Waals surface area contributed by atoms with Crippen LogP contribution in [0.25, 0.3) is 0 Å². The van der Waals surface area contributed by atoms with Gasteiger partial charge < -0.3 is 4.43 Å². The first-order chi connectivity index (χ1) is 14.1. The van der Waals surface area contributed by atoms with Crippen LogP contribution < -0.4 is 0 Å². The summed E-state index contributed by atoms with van der Waals surface area (Å²) in [5.74, 6) is 0. The zero-order chi connectivity index (χ0) is 21.1. The number of rotatable bonds is 12. The smallest absolute Gasteiger partial charge is 0.192 e. The van der Waals surface area contributed by atoms with Gasteiger partial charge in [-0.25, -0.2) is 0 Å². The Kier molecular flexibility index (Phi) is 11.3. The minimum absolute atomic E-state index is 0.445. The van der Waals surface area contributed by atoms with E-state index in [1.807, 2.05) is 0 Å². The average molecular weight is 420 g/mol. The number of nitrogens with zero attached hydrogens (tertiary/aromatic N) is 1. The lowest BCUT2D eigenvalue weighted by Gasteiger charge is -2.52. The minimum atomic E-state index is -1.53. The van der Waals surface area contributed by atoms with Gasteiger partial charge in [0.2, 0.25) is 0 Å². The average Bonchev–Trinajstić information content (AvgIpc) is 2.75. The van der Waals surface area contributed by atoms with E-state index >= 15 is 0 Å². The van der Waals surface area contributed by atoms with Crippen LogP contribution in [0.3, 0.4) is 0 Å². The van der Waals surface area contributed by atoms with E-state index in [1.54, 1.807) is 0 Å². The molecule has 2 heterocycles. The predicted octanol–water partition coefficient (Wildman–Crippen LogP) is 7.87. The number of fused-ring (bicyclic) bond motifs is 1. The van der Waals surface area contributed by atoms with Gasteiger partial charge >= 0.3 is 0 Å². The largest absolute Gasteiger partial charge is 0.412 e. The van der Waals surface area contributed by atoms with Gasteiger partial charge in [0, 0.05) is 18.1 Å². The zero-order valence-corrected chi connectivity index (χ0v) is 21.2. The van der Waals surface area contributed by atoms with Crippen molar-refractivity contribution in [3.8, 4) is 0 Å². The molecule has 2 aliphatic rings. The van der Waals surface area contributed by atoms with Crippen LogP contribution in [0.15, 0.2) is 24.3 Å². The fourth-order valence-electron chi connectivity index (χ4n) is 5.58. The molecule has 1 unspecified atom stereocenters. The third-order valence-electron chi connectivity index (χ3n) is 7.77. The van der Waals surface area contributed by atoms with Crippen LogP contribution in [-0.4, -0.2) is 37.4 Å². The maximum atomic E-state index is 6.99. The first kappa shape index (κ1) is 24.9. The van der Waals surface area contributed by atoms with Gasteiger partial charge in [-0.3, -0.25) is 4.90 Å². The summed E-state index contributed by atoms with van der Waals surface area (Å²) >= 11 is 0. The lowest BCUT2D eigenvalue weighted by molar-refractivity contribution is -0.0399. The molecule has 2 saturated heterocycles. The van der Waals surface area contributed by atoms with E-state index < -0.39 is 8.32 Å². The van der Waals surface area contributed by atoms with Crippen LogP contribution in [0.4, 0.5) is 0 Å². The topological polar surface area (TPSA) is 12.5 Å². The second-order valence-electron chi connectivity index (χ2n) is 9.48. The fraction of sp³-hybridized carbons (Fsp3) is 0.846. The van der Waals surface area contributed by atoms with Crippen LogP contribution in [-0.2, 0) is 4.43 Å². The Balaban J connectivity index is 1.95. The Morgan fingerprint density at radius 1 is 0.897 bits per heavy atom. The van der Waals surface area contributed by atoms with E-state index in [0.717, 1.165) is 6.04 Å². The molecule has 0 aromatic heterocycles. The number of piperidine rings is 2.